The molecule has 0 aliphatic heterocycles. The van der Waals surface area contributed by atoms with E-state index in [1.807, 2.05) is 6.08 Å². The summed E-state index contributed by atoms with van der Waals surface area (Å²) in [5.74, 6) is 1.05. The molecule has 2 rings (SSSR count). The van der Waals surface area contributed by atoms with Crippen LogP contribution in [0.5, 0.6) is 5.75 Å². The minimum absolute atomic E-state index is 0.0129. The lowest BCUT2D eigenvalue weighted by molar-refractivity contribution is -0.116. The molecule has 3 heteroatoms. The van der Waals surface area contributed by atoms with Crippen molar-refractivity contribution in [3.63, 3.8) is 0 Å². The number of carbonyl (C=O) groups is 1. The molecule has 0 N–H and O–H groups in total. The molecular formula is C16H19FO2. The first-order chi connectivity index (χ1) is 9.28. The van der Waals surface area contributed by atoms with Crippen LogP contribution in [0, 0.1) is 5.92 Å². The molecule has 1 aliphatic rings. The van der Waals surface area contributed by atoms with Crippen LogP contribution >= 0.6 is 0 Å². The first kappa shape index (κ1) is 13.8. The summed E-state index contributed by atoms with van der Waals surface area (Å²) < 4.78 is 17.8. The average Bonchev–Trinajstić information content (AvgIpc) is 2.96. The van der Waals surface area contributed by atoms with Crippen molar-refractivity contribution in [1.29, 1.82) is 0 Å². The van der Waals surface area contributed by atoms with E-state index in [0.717, 1.165) is 0 Å². The van der Waals surface area contributed by atoms with Crippen molar-refractivity contribution in [2.75, 3.05) is 6.61 Å². The van der Waals surface area contributed by atoms with Gasteiger partial charge >= 0.3 is 0 Å². The summed E-state index contributed by atoms with van der Waals surface area (Å²) in [4.78, 5) is 11.6. The van der Waals surface area contributed by atoms with Gasteiger partial charge < -0.3 is 4.74 Å². The summed E-state index contributed by atoms with van der Waals surface area (Å²) in [5, 5.41) is 0. The van der Waals surface area contributed by atoms with Crippen LogP contribution in [0.25, 0.3) is 0 Å². The Morgan fingerprint density at radius 3 is 2.89 bits per heavy atom. The number of alkyl halides is 1. The summed E-state index contributed by atoms with van der Waals surface area (Å²) in [6.07, 6.45) is 8.50. The van der Waals surface area contributed by atoms with Gasteiger partial charge in [0.15, 0.2) is 12.4 Å². The highest BCUT2D eigenvalue weighted by Gasteiger charge is 2.11. The van der Waals surface area contributed by atoms with Gasteiger partial charge in [-0.05, 0) is 42.5 Å². The lowest BCUT2D eigenvalue weighted by atomic mass is 10.1. The maximum Gasteiger partial charge on any atom is 0.192 e. The number of allylic oxidation sites excluding steroid dienone is 1. The lowest BCUT2D eigenvalue weighted by Crippen LogP contribution is -2.08. The lowest BCUT2D eigenvalue weighted by Gasteiger charge is -2.05. The second-order valence-corrected chi connectivity index (χ2v) is 4.94. The Balaban J connectivity index is 1.79. The molecule has 0 amide bonds. The van der Waals surface area contributed by atoms with Crippen molar-refractivity contribution in [2.45, 2.75) is 32.4 Å². The molecule has 0 saturated heterocycles. The van der Waals surface area contributed by atoms with Crippen LogP contribution < -0.4 is 4.74 Å². The Morgan fingerprint density at radius 1 is 1.37 bits per heavy atom. The molecule has 1 aromatic carbocycles. The number of hydrogen-bond donors (Lipinski definition) is 0. The number of carbonyl (C=O) groups excluding carboxylic acids is 1. The number of rotatable bonds is 6. The molecular weight excluding hydrogens is 243 g/mol. The van der Waals surface area contributed by atoms with Crippen LogP contribution in [0.3, 0.4) is 0 Å². The predicted molar refractivity (Wildman–Crippen MR) is 72.9 cm³/mol. The maximum atomic E-state index is 12.5. The molecule has 0 spiro atoms. The molecule has 1 saturated carbocycles. The van der Waals surface area contributed by atoms with Gasteiger partial charge in [0.05, 0.1) is 0 Å². The van der Waals surface area contributed by atoms with Gasteiger partial charge in [0.25, 0.3) is 0 Å². The minimum Gasteiger partial charge on any atom is -0.485 e. The SMILES string of the molecule is O=C(/C=C/C1CCCC1)COc1cccc(CF)c1. The van der Waals surface area contributed by atoms with Crippen molar-refractivity contribution in [3.05, 3.63) is 42.0 Å². The largest absolute Gasteiger partial charge is 0.485 e. The summed E-state index contributed by atoms with van der Waals surface area (Å²) in [7, 11) is 0. The highest BCUT2D eigenvalue weighted by Crippen LogP contribution is 2.25. The molecule has 0 atom stereocenters. The van der Waals surface area contributed by atoms with E-state index in [0.29, 0.717) is 17.2 Å². The summed E-state index contributed by atoms with van der Waals surface area (Å²) in [6, 6.07) is 6.76. The third kappa shape index (κ3) is 4.51. The van der Waals surface area contributed by atoms with Gasteiger partial charge in [-0.3, -0.25) is 4.79 Å². The molecule has 1 aromatic rings. The zero-order valence-corrected chi connectivity index (χ0v) is 11.0. The number of halogens is 1. The molecule has 0 unspecified atom stereocenters. The van der Waals surface area contributed by atoms with E-state index in [1.54, 1.807) is 30.3 Å². The molecule has 0 heterocycles. The van der Waals surface area contributed by atoms with Gasteiger partial charge in [0.2, 0.25) is 0 Å². The Hall–Kier alpha value is -1.64. The average molecular weight is 262 g/mol. The number of hydrogen-bond acceptors (Lipinski definition) is 2. The first-order valence-corrected chi connectivity index (χ1v) is 6.76. The Bertz CT molecular complexity index is 448. The molecule has 0 bridgehead atoms. The highest BCUT2D eigenvalue weighted by molar-refractivity contribution is 5.90. The fraction of sp³-hybridized carbons (Fsp3) is 0.438. The van der Waals surface area contributed by atoms with Gasteiger partial charge in [0, 0.05) is 0 Å². The molecule has 1 aliphatic carbocycles. The second-order valence-electron chi connectivity index (χ2n) is 4.94. The smallest absolute Gasteiger partial charge is 0.192 e. The van der Waals surface area contributed by atoms with Crippen LogP contribution in [-0.4, -0.2) is 12.4 Å². The van der Waals surface area contributed by atoms with Gasteiger partial charge in [-0.1, -0.05) is 31.1 Å². The third-order valence-corrected chi connectivity index (χ3v) is 3.39. The van der Waals surface area contributed by atoms with E-state index >= 15 is 0 Å². The quantitative estimate of drug-likeness (QED) is 0.728. The van der Waals surface area contributed by atoms with E-state index in [-0.39, 0.29) is 12.4 Å². The molecule has 102 valence electrons. The number of ether oxygens (including phenoxy) is 1. The van der Waals surface area contributed by atoms with Crippen molar-refractivity contribution in [1.82, 2.24) is 0 Å². The van der Waals surface area contributed by atoms with Crippen LogP contribution in [0.15, 0.2) is 36.4 Å². The van der Waals surface area contributed by atoms with Crippen molar-refractivity contribution in [3.8, 4) is 5.75 Å². The van der Waals surface area contributed by atoms with Crippen LogP contribution in [0.2, 0.25) is 0 Å². The van der Waals surface area contributed by atoms with Gasteiger partial charge in [-0.2, -0.15) is 0 Å². The summed E-state index contributed by atoms with van der Waals surface area (Å²) in [5.41, 5.74) is 0.562. The highest BCUT2D eigenvalue weighted by atomic mass is 19.1. The standard InChI is InChI=1S/C16H19FO2/c17-11-14-6-3-7-16(10-14)19-12-15(18)9-8-13-4-1-2-5-13/h3,6-10,13H,1-2,4-5,11-12H2/b9-8+. The molecule has 0 aromatic heterocycles. The van der Waals surface area contributed by atoms with Crippen molar-refractivity contribution in [2.24, 2.45) is 5.92 Å². The molecule has 0 radical (unpaired) electrons. The Kier molecular flexibility index (Phi) is 5.13. The van der Waals surface area contributed by atoms with Crippen LogP contribution in [-0.2, 0) is 11.5 Å². The van der Waals surface area contributed by atoms with Gasteiger partial charge in [-0.15, -0.1) is 0 Å². The topological polar surface area (TPSA) is 26.3 Å². The van der Waals surface area contributed by atoms with E-state index in [1.165, 1.54) is 25.7 Å². The fourth-order valence-electron chi connectivity index (χ4n) is 2.31. The normalized spacial score (nSPS) is 16.1. The Morgan fingerprint density at radius 2 is 2.16 bits per heavy atom. The van der Waals surface area contributed by atoms with Gasteiger partial charge in [0.1, 0.15) is 12.4 Å². The zero-order valence-electron chi connectivity index (χ0n) is 11.0. The third-order valence-electron chi connectivity index (χ3n) is 3.39. The predicted octanol–water partition coefficient (Wildman–Crippen LogP) is 3.85. The van der Waals surface area contributed by atoms with E-state index < -0.39 is 6.67 Å². The summed E-state index contributed by atoms with van der Waals surface area (Å²) in [6.45, 7) is -0.508. The molecule has 19 heavy (non-hydrogen) atoms. The summed E-state index contributed by atoms with van der Waals surface area (Å²) >= 11 is 0. The van der Waals surface area contributed by atoms with E-state index in [9.17, 15) is 9.18 Å². The Labute approximate surface area is 113 Å². The van der Waals surface area contributed by atoms with Gasteiger partial charge in [-0.25, -0.2) is 4.39 Å². The molecule has 2 nitrogen and oxygen atoms in total. The minimum atomic E-state index is -0.521. The van der Waals surface area contributed by atoms with Crippen molar-refractivity contribution >= 4 is 5.78 Å². The first-order valence-electron chi connectivity index (χ1n) is 6.76. The number of benzene rings is 1. The van der Waals surface area contributed by atoms with Crippen molar-refractivity contribution < 1.29 is 13.9 Å². The van der Waals surface area contributed by atoms with Crippen LogP contribution in [0.1, 0.15) is 31.2 Å². The van der Waals surface area contributed by atoms with E-state index in [4.69, 9.17) is 4.74 Å². The van der Waals surface area contributed by atoms with E-state index in [2.05, 4.69) is 0 Å². The second kappa shape index (κ2) is 7.07. The molecule has 1 fully saturated rings. The zero-order chi connectivity index (χ0) is 13.5. The number of ketones is 1. The fourth-order valence-corrected chi connectivity index (χ4v) is 2.31. The maximum absolute atomic E-state index is 12.5. The van der Waals surface area contributed by atoms with Crippen LogP contribution in [0.4, 0.5) is 4.39 Å². The monoisotopic (exact) mass is 262 g/mol.